The number of alkyl halides is 3. The van der Waals surface area contributed by atoms with Crippen molar-refractivity contribution in [1.82, 2.24) is 10.2 Å². The van der Waals surface area contributed by atoms with E-state index in [-0.39, 0.29) is 12.1 Å². The maximum absolute atomic E-state index is 13.0. The van der Waals surface area contributed by atoms with Gasteiger partial charge in [-0.1, -0.05) is 6.07 Å². The van der Waals surface area contributed by atoms with Crippen LogP contribution in [-0.2, 0) is 12.7 Å². The molecule has 20 heavy (non-hydrogen) atoms. The second kappa shape index (κ2) is 6.10. The summed E-state index contributed by atoms with van der Waals surface area (Å²) in [6, 6.07) is 2.82. The van der Waals surface area contributed by atoms with Crippen LogP contribution in [0.4, 0.5) is 17.6 Å². The van der Waals surface area contributed by atoms with Crippen molar-refractivity contribution in [2.45, 2.75) is 19.1 Å². The Kier molecular flexibility index (Phi) is 4.65. The van der Waals surface area contributed by atoms with Gasteiger partial charge in [0.15, 0.2) is 0 Å². The summed E-state index contributed by atoms with van der Waals surface area (Å²) in [6.07, 6.45) is -3.47. The first kappa shape index (κ1) is 15.3. The highest BCUT2D eigenvalue weighted by atomic mass is 19.4. The predicted molar refractivity (Wildman–Crippen MR) is 68.7 cm³/mol. The second-order valence-corrected chi connectivity index (χ2v) is 5.35. The summed E-state index contributed by atoms with van der Waals surface area (Å²) in [5.41, 5.74) is -0.807. The van der Waals surface area contributed by atoms with Crippen LogP contribution in [-0.4, -0.2) is 31.6 Å². The molecule has 0 aliphatic carbocycles. The highest BCUT2D eigenvalue weighted by Crippen LogP contribution is 2.32. The van der Waals surface area contributed by atoms with E-state index in [0.29, 0.717) is 18.5 Å². The largest absolute Gasteiger partial charge is 0.416 e. The molecule has 2 rings (SSSR count). The van der Waals surface area contributed by atoms with E-state index in [1.807, 2.05) is 7.05 Å². The van der Waals surface area contributed by atoms with Crippen LogP contribution in [0.15, 0.2) is 18.2 Å². The number of hydrogen-bond donors (Lipinski definition) is 1. The molecular weight excluding hydrogens is 272 g/mol. The van der Waals surface area contributed by atoms with Crippen LogP contribution >= 0.6 is 0 Å². The number of benzene rings is 1. The zero-order valence-electron chi connectivity index (χ0n) is 11.3. The monoisotopic (exact) mass is 290 g/mol. The number of nitrogens with one attached hydrogen (secondary N) is 1. The zero-order chi connectivity index (χ0) is 14.8. The van der Waals surface area contributed by atoms with Crippen molar-refractivity contribution in [3.05, 3.63) is 35.1 Å². The number of likely N-dealkylation sites (tertiary alicyclic amines) is 1. The van der Waals surface area contributed by atoms with Gasteiger partial charge in [-0.3, -0.25) is 0 Å². The number of nitrogens with zero attached hydrogens (tertiary/aromatic N) is 1. The summed E-state index contributed by atoms with van der Waals surface area (Å²) >= 11 is 0. The molecule has 1 aliphatic heterocycles. The van der Waals surface area contributed by atoms with Crippen LogP contribution in [0.3, 0.4) is 0 Å². The molecule has 1 aliphatic rings. The normalized spacial score (nSPS) is 20.6. The van der Waals surface area contributed by atoms with Gasteiger partial charge in [0.05, 0.1) is 5.56 Å². The quantitative estimate of drug-likeness (QED) is 0.858. The van der Waals surface area contributed by atoms with E-state index in [9.17, 15) is 17.6 Å². The van der Waals surface area contributed by atoms with Crippen molar-refractivity contribution in [2.24, 2.45) is 5.92 Å². The van der Waals surface area contributed by atoms with Gasteiger partial charge in [0, 0.05) is 13.1 Å². The molecule has 0 bridgehead atoms. The molecular formula is C14H18F4N2. The minimum absolute atomic E-state index is 0.0882. The molecule has 0 aromatic heterocycles. The van der Waals surface area contributed by atoms with Gasteiger partial charge in [0.1, 0.15) is 5.82 Å². The molecule has 0 radical (unpaired) electrons. The van der Waals surface area contributed by atoms with E-state index < -0.39 is 17.6 Å². The summed E-state index contributed by atoms with van der Waals surface area (Å²) in [5, 5.41) is 3.05. The minimum Gasteiger partial charge on any atom is -0.312 e. The van der Waals surface area contributed by atoms with Gasteiger partial charge in [-0.15, -0.1) is 0 Å². The maximum atomic E-state index is 13.0. The van der Waals surface area contributed by atoms with Crippen molar-refractivity contribution < 1.29 is 17.6 Å². The van der Waals surface area contributed by atoms with E-state index >= 15 is 0 Å². The smallest absolute Gasteiger partial charge is 0.312 e. The Morgan fingerprint density at radius 2 is 2.10 bits per heavy atom. The average molecular weight is 290 g/mol. The van der Waals surface area contributed by atoms with Crippen LogP contribution in [0.5, 0.6) is 0 Å². The van der Waals surface area contributed by atoms with E-state index in [1.165, 1.54) is 6.07 Å². The van der Waals surface area contributed by atoms with E-state index in [4.69, 9.17) is 0 Å². The summed E-state index contributed by atoms with van der Waals surface area (Å²) in [5.74, 6) is -0.395. The van der Waals surface area contributed by atoms with Gasteiger partial charge in [-0.25, -0.2) is 4.39 Å². The van der Waals surface area contributed by atoms with Gasteiger partial charge in [-0.05, 0) is 50.2 Å². The number of rotatable bonds is 4. The molecule has 1 N–H and O–H groups in total. The molecule has 6 heteroatoms. The van der Waals surface area contributed by atoms with Crippen molar-refractivity contribution in [1.29, 1.82) is 0 Å². The third-order valence-corrected chi connectivity index (χ3v) is 3.61. The third kappa shape index (κ3) is 3.93. The van der Waals surface area contributed by atoms with Gasteiger partial charge in [0.2, 0.25) is 0 Å². The predicted octanol–water partition coefficient (Wildman–Crippen LogP) is 2.89. The second-order valence-electron chi connectivity index (χ2n) is 5.35. The Balaban J connectivity index is 1.95. The van der Waals surface area contributed by atoms with Crippen molar-refractivity contribution in [3.63, 3.8) is 0 Å². The van der Waals surface area contributed by atoms with E-state index in [2.05, 4.69) is 10.2 Å². The maximum Gasteiger partial charge on any atom is 0.416 e. The Morgan fingerprint density at radius 3 is 2.70 bits per heavy atom. The number of halogens is 4. The van der Waals surface area contributed by atoms with Crippen molar-refractivity contribution >= 4 is 0 Å². The topological polar surface area (TPSA) is 15.3 Å². The highest BCUT2D eigenvalue weighted by Gasteiger charge is 2.33. The van der Waals surface area contributed by atoms with Gasteiger partial charge < -0.3 is 10.2 Å². The molecule has 1 heterocycles. The number of hydrogen-bond acceptors (Lipinski definition) is 2. The van der Waals surface area contributed by atoms with Gasteiger partial charge in [0.25, 0.3) is 0 Å². The summed E-state index contributed by atoms with van der Waals surface area (Å²) < 4.78 is 51.4. The van der Waals surface area contributed by atoms with Crippen LogP contribution in [0.1, 0.15) is 17.5 Å². The SMILES string of the molecule is CN1CCC(CNCc2ccc(F)cc2C(F)(F)F)C1. The Morgan fingerprint density at radius 1 is 1.35 bits per heavy atom. The van der Waals surface area contributed by atoms with Crippen LogP contribution in [0, 0.1) is 11.7 Å². The van der Waals surface area contributed by atoms with Crippen LogP contribution < -0.4 is 5.32 Å². The molecule has 1 fully saturated rings. The molecule has 0 amide bonds. The van der Waals surface area contributed by atoms with Crippen molar-refractivity contribution in [3.8, 4) is 0 Å². The molecule has 2 nitrogen and oxygen atoms in total. The Labute approximate surface area is 115 Å². The first-order valence-corrected chi connectivity index (χ1v) is 6.61. The lowest BCUT2D eigenvalue weighted by molar-refractivity contribution is -0.138. The van der Waals surface area contributed by atoms with Crippen LogP contribution in [0.25, 0.3) is 0 Å². The molecule has 1 aromatic rings. The molecule has 112 valence electrons. The Hall–Kier alpha value is -1.14. The minimum atomic E-state index is -4.52. The molecule has 0 saturated carbocycles. The van der Waals surface area contributed by atoms with Gasteiger partial charge >= 0.3 is 6.18 Å². The van der Waals surface area contributed by atoms with E-state index in [1.54, 1.807) is 0 Å². The lowest BCUT2D eigenvalue weighted by atomic mass is 10.1. The highest BCUT2D eigenvalue weighted by molar-refractivity contribution is 5.30. The first-order chi connectivity index (χ1) is 9.36. The molecule has 1 unspecified atom stereocenters. The fourth-order valence-electron chi connectivity index (χ4n) is 2.57. The van der Waals surface area contributed by atoms with E-state index in [0.717, 1.165) is 25.6 Å². The zero-order valence-corrected chi connectivity index (χ0v) is 11.3. The standard InChI is InChI=1S/C14H18F4N2/c1-20-5-4-10(9-20)7-19-8-11-2-3-12(15)6-13(11)14(16,17)18/h2-3,6,10,19H,4-5,7-9H2,1H3. The average Bonchev–Trinajstić information content (AvgIpc) is 2.76. The van der Waals surface area contributed by atoms with Gasteiger partial charge in [-0.2, -0.15) is 13.2 Å². The first-order valence-electron chi connectivity index (χ1n) is 6.61. The summed E-state index contributed by atoms with van der Waals surface area (Å²) in [6.45, 7) is 2.77. The molecule has 1 saturated heterocycles. The summed E-state index contributed by atoms with van der Waals surface area (Å²) in [7, 11) is 2.03. The Bertz CT molecular complexity index is 459. The van der Waals surface area contributed by atoms with Crippen LogP contribution in [0.2, 0.25) is 0 Å². The third-order valence-electron chi connectivity index (χ3n) is 3.61. The fraction of sp³-hybridized carbons (Fsp3) is 0.571. The molecule has 1 aromatic carbocycles. The lowest BCUT2D eigenvalue weighted by Gasteiger charge is -2.15. The molecule has 0 spiro atoms. The fourth-order valence-corrected chi connectivity index (χ4v) is 2.57. The van der Waals surface area contributed by atoms with Crippen molar-refractivity contribution in [2.75, 3.05) is 26.7 Å². The lowest BCUT2D eigenvalue weighted by Crippen LogP contribution is -2.25. The summed E-state index contributed by atoms with van der Waals surface area (Å²) in [4.78, 5) is 2.20. The molecule has 1 atom stereocenters.